The van der Waals surface area contributed by atoms with Crippen molar-refractivity contribution < 1.29 is 4.79 Å². The zero-order chi connectivity index (χ0) is 17.1. The summed E-state index contributed by atoms with van der Waals surface area (Å²) in [5, 5.41) is 6.14. The van der Waals surface area contributed by atoms with Crippen LogP contribution in [0.25, 0.3) is 0 Å². The average Bonchev–Trinajstić information content (AvgIpc) is 3.53. The molecule has 0 unspecified atom stereocenters. The van der Waals surface area contributed by atoms with Crippen molar-refractivity contribution in [1.29, 1.82) is 0 Å². The summed E-state index contributed by atoms with van der Waals surface area (Å²) in [6.45, 7) is 0. The molecule has 0 heterocycles. The Kier molecular flexibility index (Phi) is 4.43. The second-order valence-electron chi connectivity index (χ2n) is 7.00. The van der Waals surface area contributed by atoms with Gasteiger partial charge in [0.25, 0.3) is 0 Å². The van der Waals surface area contributed by atoms with Gasteiger partial charge in [0.15, 0.2) is 0 Å². The molecule has 0 atom stereocenters. The van der Waals surface area contributed by atoms with Crippen molar-refractivity contribution in [2.24, 2.45) is 11.8 Å². The summed E-state index contributed by atoms with van der Waals surface area (Å²) in [5.41, 5.74) is 2.65. The highest BCUT2D eigenvalue weighted by Crippen LogP contribution is 2.44. The van der Waals surface area contributed by atoms with Gasteiger partial charge >= 0.3 is 6.03 Å². The quantitative estimate of drug-likeness (QED) is 0.802. The number of hydrogen-bond acceptors (Lipinski definition) is 1. The fourth-order valence-corrected chi connectivity index (χ4v) is 3.19. The van der Waals surface area contributed by atoms with Crippen LogP contribution in [0.4, 0.5) is 10.5 Å². The summed E-state index contributed by atoms with van der Waals surface area (Å²) in [4.78, 5) is 12.3. The number of carbonyl (C=O) groups excluding carboxylic acids is 1. The highest BCUT2D eigenvalue weighted by Gasteiger charge is 2.42. The molecule has 2 fully saturated rings. The van der Waals surface area contributed by atoms with Crippen LogP contribution in [0, 0.1) is 23.7 Å². The van der Waals surface area contributed by atoms with E-state index in [-0.39, 0.29) is 6.03 Å². The molecule has 126 valence electrons. The minimum atomic E-state index is -0.100. The summed E-state index contributed by atoms with van der Waals surface area (Å²) >= 11 is 0. The molecule has 0 spiro atoms. The van der Waals surface area contributed by atoms with Crippen LogP contribution >= 0.6 is 0 Å². The zero-order valence-electron chi connectivity index (χ0n) is 14.2. The number of urea groups is 1. The first-order valence-corrected chi connectivity index (χ1v) is 9.02. The molecule has 0 aromatic heterocycles. The third-order valence-electron chi connectivity index (χ3n) is 4.80. The van der Waals surface area contributed by atoms with Gasteiger partial charge in [0, 0.05) is 22.9 Å². The molecule has 0 bridgehead atoms. The Hall–Kier alpha value is -2.73. The first kappa shape index (κ1) is 15.8. The largest absolute Gasteiger partial charge is 0.335 e. The Bertz CT molecular complexity index is 799. The van der Waals surface area contributed by atoms with Crippen LogP contribution in [-0.4, -0.2) is 12.1 Å². The van der Waals surface area contributed by atoms with Crippen molar-refractivity contribution in [1.82, 2.24) is 5.32 Å². The van der Waals surface area contributed by atoms with Crippen molar-refractivity contribution in [2.45, 2.75) is 31.7 Å². The molecule has 2 aromatic carbocycles. The van der Waals surface area contributed by atoms with E-state index in [0.717, 1.165) is 16.8 Å². The molecule has 2 N–H and O–H groups in total. The van der Waals surface area contributed by atoms with Crippen LogP contribution in [0.3, 0.4) is 0 Å². The van der Waals surface area contributed by atoms with Crippen LogP contribution in [-0.2, 0) is 0 Å². The lowest BCUT2D eigenvalue weighted by Gasteiger charge is -2.18. The zero-order valence-corrected chi connectivity index (χ0v) is 14.2. The monoisotopic (exact) mass is 330 g/mol. The number of hydrogen-bond donors (Lipinski definition) is 2. The van der Waals surface area contributed by atoms with Crippen molar-refractivity contribution >= 4 is 11.7 Å². The Morgan fingerprint density at radius 3 is 2.20 bits per heavy atom. The van der Waals surface area contributed by atoms with Crippen molar-refractivity contribution in [3.05, 3.63) is 65.7 Å². The first-order chi connectivity index (χ1) is 12.3. The molecule has 4 rings (SSSR count). The average molecular weight is 330 g/mol. The summed E-state index contributed by atoms with van der Waals surface area (Å²) in [7, 11) is 0. The maximum atomic E-state index is 12.3. The van der Waals surface area contributed by atoms with Crippen LogP contribution in [0.5, 0.6) is 0 Å². The highest BCUT2D eigenvalue weighted by molar-refractivity contribution is 5.89. The fourth-order valence-electron chi connectivity index (χ4n) is 3.19. The van der Waals surface area contributed by atoms with Gasteiger partial charge in [-0.3, -0.25) is 0 Å². The van der Waals surface area contributed by atoms with Crippen LogP contribution in [0.15, 0.2) is 54.6 Å². The van der Waals surface area contributed by atoms with E-state index in [4.69, 9.17) is 0 Å². The van der Waals surface area contributed by atoms with Gasteiger partial charge in [-0.1, -0.05) is 36.1 Å². The summed E-state index contributed by atoms with van der Waals surface area (Å²) in [6.07, 6.45) is 5.02. The SMILES string of the molecule is O=C(Nc1cccc(C#Cc2ccccc2)c1)NC(C1CC1)C1CC1. The molecule has 3 nitrogen and oxygen atoms in total. The van der Waals surface area contributed by atoms with Crippen molar-refractivity contribution in [3.63, 3.8) is 0 Å². The maximum Gasteiger partial charge on any atom is 0.319 e. The van der Waals surface area contributed by atoms with E-state index in [1.165, 1.54) is 25.7 Å². The lowest BCUT2D eigenvalue weighted by molar-refractivity contribution is 0.245. The molecular formula is C22H22N2O. The molecule has 0 saturated heterocycles. The van der Waals surface area contributed by atoms with E-state index < -0.39 is 0 Å². The predicted molar refractivity (Wildman–Crippen MR) is 100 cm³/mol. The van der Waals surface area contributed by atoms with Gasteiger partial charge < -0.3 is 10.6 Å². The number of nitrogens with one attached hydrogen (secondary N) is 2. The molecule has 0 radical (unpaired) electrons. The normalized spacial score (nSPS) is 16.0. The van der Waals surface area contributed by atoms with Gasteiger partial charge in [-0.25, -0.2) is 4.79 Å². The molecule has 2 aliphatic rings. The highest BCUT2D eigenvalue weighted by atomic mass is 16.2. The molecule has 25 heavy (non-hydrogen) atoms. The van der Waals surface area contributed by atoms with Crippen molar-refractivity contribution in [3.8, 4) is 11.8 Å². The topological polar surface area (TPSA) is 41.1 Å². The van der Waals surface area contributed by atoms with E-state index >= 15 is 0 Å². The third-order valence-corrected chi connectivity index (χ3v) is 4.80. The number of amides is 2. The fraction of sp³-hybridized carbons (Fsp3) is 0.318. The Balaban J connectivity index is 1.39. The van der Waals surface area contributed by atoms with Crippen molar-refractivity contribution in [2.75, 3.05) is 5.32 Å². The van der Waals surface area contributed by atoms with Gasteiger partial charge in [0.05, 0.1) is 0 Å². The minimum absolute atomic E-state index is 0.100. The number of carbonyl (C=O) groups is 1. The Morgan fingerprint density at radius 2 is 1.52 bits per heavy atom. The van der Waals surface area contributed by atoms with E-state index in [1.807, 2.05) is 54.6 Å². The van der Waals surface area contributed by atoms with Crippen LogP contribution in [0.1, 0.15) is 36.8 Å². The molecule has 2 aliphatic carbocycles. The second-order valence-corrected chi connectivity index (χ2v) is 7.00. The third kappa shape index (κ3) is 4.42. The molecular weight excluding hydrogens is 308 g/mol. The number of benzene rings is 2. The molecule has 2 saturated carbocycles. The molecule has 2 amide bonds. The van der Waals surface area contributed by atoms with E-state index in [1.54, 1.807) is 0 Å². The predicted octanol–water partition coefficient (Wildman–Crippen LogP) is 4.40. The van der Waals surface area contributed by atoms with Gasteiger partial charge in [0.1, 0.15) is 0 Å². The maximum absolute atomic E-state index is 12.3. The standard InChI is InChI=1S/C22H22N2O/c25-22(24-21(18-11-12-18)19-13-14-19)23-20-8-4-7-17(15-20)10-9-16-5-2-1-3-6-16/h1-8,15,18-19,21H,11-14H2,(H2,23,24,25). The van der Waals surface area contributed by atoms with Gasteiger partial charge in [-0.2, -0.15) is 0 Å². The van der Waals surface area contributed by atoms with Crippen LogP contribution < -0.4 is 10.6 Å². The summed E-state index contributed by atoms with van der Waals surface area (Å²) in [5.74, 6) is 7.68. The molecule has 2 aromatic rings. The molecule has 0 aliphatic heterocycles. The minimum Gasteiger partial charge on any atom is -0.335 e. The lowest BCUT2D eigenvalue weighted by Crippen LogP contribution is -2.40. The van der Waals surface area contributed by atoms with Gasteiger partial charge in [-0.15, -0.1) is 0 Å². The number of anilines is 1. The van der Waals surface area contributed by atoms with Gasteiger partial charge in [-0.05, 0) is 67.9 Å². The Morgan fingerprint density at radius 1 is 0.880 bits per heavy atom. The second kappa shape index (κ2) is 7.03. The van der Waals surface area contributed by atoms with Gasteiger partial charge in [0.2, 0.25) is 0 Å². The smallest absolute Gasteiger partial charge is 0.319 e. The summed E-state index contributed by atoms with van der Waals surface area (Å²) in [6, 6.07) is 17.8. The number of rotatable bonds is 4. The summed E-state index contributed by atoms with van der Waals surface area (Å²) < 4.78 is 0. The van der Waals surface area contributed by atoms with E-state index in [2.05, 4.69) is 22.5 Å². The lowest BCUT2D eigenvalue weighted by atomic mass is 10.1. The molecule has 3 heteroatoms. The first-order valence-electron chi connectivity index (χ1n) is 9.02. The van der Waals surface area contributed by atoms with Crippen LogP contribution in [0.2, 0.25) is 0 Å². The van der Waals surface area contributed by atoms with E-state index in [9.17, 15) is 4.79 Å². The van der Waals surface area contributed by atoms with E-state index in [0.29, 0.717) is 17.9 Å². The Labute approximate surface area is 148 Å².